The Morgan fingerprint density at radius 2 is 2.05 bits per heavy atom. The third kappa shape index (κ3) is 4.26. The van der Waals surface area contributed by atoms with E-state index in [-0.39, 0.29) is 6.04 Å². The van der Waals surface area contributed by atoms with E-state index in [1.165, 1.54) is 0 Å². The Labute approximate surface area is 118 Å². The van der Waals surface area contributed by atoms with Gasteiger partial charge >= 0.3 is 0 Å². The van der Waals surface area contributed by atoms with Crippen LogP contribution in [-0.2, 0) is 13.5 Å². The lowest BCUT2D eigenvalue weighted by Gasteiger charge is -2.16. The van der Waals surface area contributed by atoms with Gasteiger partial charge in [0.25, 0.3) is 0 Å². The van der Waals surface area contributed by atoms with Gasteiger partial charge in [-0.05, 0) is 37.4 Å². The zero-order valence-corrected chi connectivity index (χ0v) is 11.9. The molecule has 0 saturated heterocycles. The highest BCUT2D eigenvalue weighted by atomic mass is 35.5. The standard InChI is InChI=1S/C14H18ClN3O/c1-16-13(9-12-7-8-18(2)17-12)10-19-14-5-3-11(15)4-6-14/h3-8,13,16H,9-10H2,1-2H3. The summed E-state index contributed by atoms with van der Waals surface area (Å²) in [6, 6.07) is 9.64. The first-order valence-electron chi connectivity index (χ1n) is 6.21. The monoisotopic (exact) mass is 279 g/mol. The molecule has 1 aromatic heterocycles. The van der Waals surface area contributed by atoms with Crippen molar-refractivity contribution in [2.75, 3.05) is 13.7 Å². The molecular formula is C14H18ClN3O. The zero-order valence-electron chi connectivity index (χ0n) is 11.1. The fraction of sp³-hybridized carbons (Fsp3) is 0.357. The molecule has 1 unspecified atom stereocenters. The smallest absolute Gasteiger partial charge is 0.119 e. The van der Waals surface area contributed by atoms with Crippen LogP contribution in [0.25, 0.3) is 0 Å². The van der Waals surface area contributed by atoms with Crippen molar-refractivity contribution >= 4 is 11.6 Å². The molecule has 0 aliphatic carbocycles. The number of ether oxygens (including phenoxy) is 1. The van der Waals surface area contributed by atoms with E-state index in [0.29, 0.717) is 11.6 Å². The fourth-order valence-electron chi connectivity index (χ4n) is 1.80. The maximum absolute atomic E-state index is 5.83. The number of benzene rings is 1. The summed E-state index contributed by atoms with van der Waals surface area (Å²) in [6.07, 6.45) is 2.78. The van der Waals surface area contributed by atoms with Gasteiger partial charge < -0.3 is 10.1 Å². The molecule has 0 aliphatic rings. The molecule has 5 heteroatoms. The van der Waals surface area contributed by atoms with Gasteiger partial charge in [0.2, 0.25) is 0 Å². The summed E-state index contributed by atoms with van der Waals surface area (Å²) in [5.41, 5.74) is 1.06. The number of likely N-dealkylation sites (N-methyl/N-ethyl adjacent to an activating group) is 1. The molecule has 0 fully saturated rings. The van der Waals surface area contributed by atoms with Gasteiger partial charge in [0, 0.05) is 30.7 Å². The molecule has 0 saturated carbocycles. The molecule has 2 aromatic rings. The molecule has 1 aromatic carbocycles. The molecule has 0 amide bonds. The van der Waals surface area contributed by atoms with Crippen molar-refractivity contribution in [3.63, 3.8) is 0 Å². The predicted octanol–water partition coefficient (Wildman–Crippen LogP) is 2.28. The van der Waals surface area contributed by atoms with Crippen LogP contribution >= 0.6 is 11.6 Å². The van der Waals surface area contributed by atoms with Crippen molar-refractivity contribution in [3.05, 3.63) is 47.2 Å². The second-order valence-electron chi connectivity index (χ2n) is 4.44. The quantitative estimate of drug-likeness (QED) is 0.882. The average molecular weight is 280 g/mol. The third-order valence-electron chi connectivity index (χ3n) is 2.90. The van der Waals surface area contributed by atoms with Crippen molar-refractivity contribution in [2.45, 2.75) is 12.5 Å². The highest BCUT2D eigenvalue weighted by Gasteiger charge is 2.10. The number of hydrogen-bond donors (Lipinski definition) is 1. The SMILES string of the molecule is CNC(COc1ccc(Cl)cc1)Cc1ccn(C)n1. The molecule has 1 atom stereocenters. The Morgan fingerprint density at radius 1 is 1.32 bits per heavy atom. The summed E-state index contributed by atoms with van der Waals surface area (Å²) in [6.45, 7) is 0.592. The van der Waals surface area contributed by atoms with Gasteiger partial charge in [0.1, 0.15) is 12.4 Å². The van der Waals surface area contributed by atoms with Crippen LogP contribution in [0.15, 0.2) is 36.5 Å². The molecule has 1 N–H and O–H groups in total. The van der Waals surface area contributed by atoms with E-state index in [2.05, 4.69) is 10.4 Å². The molecule has 2 rings (SSSR count). The molecule has 0 bridgehead atoms. The van der Waals surface area contributed by atoms with E-state index < -0.39 is 0 Å². The number of nitrogens with zero attached hydrogens (tertiary/aromatic N) is 2. The number of aryl methyl sites for hydroxylation is 1. The Kier molecular flexibility index (Phi) is 4.82. The van der Waals surface area contributed by atoms with Gasteiger partial charge in [-0.2, -0.15) is 5.10 Å². The van der Waals surface area contributed by atoms with Crippen LogP contribution in [0, 0.1) is 0 Å². The first-order valence-corrected chi connectivity index (χ1v) is 6.59. The zero-order chi connectivity index (χ0) is 13.7. The lowest BCUT2D eigenvalue weighted by molar-refractivity contribution is 0.269. The minimum atomic E-state index is 0.227. The van der Waals surface area contributed by atoms with Gasteiger partial charge in [-0.25, -0.2) is 0 Å². The summed E-state index contributed by atoms with van der Waals surface area (Å²) >= 11 is 5.83. The molecule has 0 radical (unpaired) electrons. The van der Waals surface area contributed by atoms with Crippen LogP contribution in [0.1, 0.15) is 5.69 Å². The highest BCUT2D eigenvalue weighted by molar-refractivity contribution is 6.30. The third-order valence-corrected chi connectivity index (χ3v) is 3.15. The van der Waals surface area contributed by atoms with Crippen LogP contribution in [0.5, 0.6) is 5.75 Å². The van der Waals surface area contributed by atoms with Crippen LogP contribution in [-0.4, -0.2) is 29.5 Å². The van der Waals surface area contributed by atoms with Crippen molar-refractivity contribution in [1.82, 2.24) is 15.1 Å². The highest BCUT2D eigenvalue weighted by Crippen LogP contribution is 2.15. The first kappa shape index (κ1) is 13.9. The second-order valence-corrected chi connectivity index (χ2v) is 4.87. The van der Waals surface area contributed by atoms with Crippen molar-refractivity contribution in [3.8, 4) is 5.75 Å². The van der Waals surface area contributed by atoms with E-state index in [4.69, 9.17) is 16.3 Å². The molecule has 1 heterocycles. The minimum Gasteiger partial charge on any atom is -0.492 e. The number of hydrogen-bond acceptors (Lipinski definition) is 3. The van der Waals surface area contributed by atoms with E-state index in [1.54, 1.807) is 0 Å². The molecule has 102 valence electrons. The van der Waals surface area contributed by atoms with Gasteiger partial charge in [-0.15, -0.1) is 0 Å². The topological polar surface area (TPSA) is 39.1 Å². The van der Waals surface area contributed by atoms with Gasteiger partial charge in [-0.3, -0.25) is 4.68 Å². The van der Waals surface area contributed by atoms with E-state index in [0.717, 1.165) is 17.9 Å². The van der Waals surface area contributed by atoms with E-state index in [9.17, 15) is 0 Å². The Balaban J connectivity index is 1.87. The summed E-state index contributed by atoms with van der Waals surface area (Å²) in [7, 11) is 3.85. The lowest BCUT2D eigenvalue weighted by atomic mass is 10.2. The van der Waals surface area contributed by atoms with Crippen LogP contribution in [0.4, 0.5) is 0 Å². The van der Waals surface area contributed by atoms with E-state index in [1.807, 2.05) is 55.3 Å². The van der Waals surface area contributed by atoms with Crippen LogP contribution in [0.3, 0.4) is 0 Å². The molecule has 4 nitrogen and oxygen atoms in total. The summed E-state index contributed by atoms with van der Waals surface area (Å²) in [5, 5.41) is 8.32. The van der Waals surface area contributed by atoms with Crippen molar-refractivity contribution in [2.24, 2.45) is 7.05 Å². The molecule has 0 spiro atoms. The molecule has 19 heavy (non-hydrogen) atoms. The normalized spacial score (nSPS) is 12.4. The minimum absolute atomic E-state index is 0.227. The summed E-state index contributed by atoms with van der Waals surface area (Å²) < 4.78 is 7.54. The lowest BCUT2D eigenvalue weighted by Crippen LogP contribution is -2.34. The van der Waals surface area contributed by atoms with Gasteiger partial charge in [-0.1, -0.05) is 11.6 Å². The maximum atomic E-state index is 5.83. The Bertz CT molecular complexity index is 510. The van der Waals surface area contributed by atoms with Gasteiger partial charge in [0.05, 0.1) is 5.69 Å². The number of nitrogens with one attached hydrogen (secondary N) is 1. The van der Waals surface area contributed by atoms with Crippen LogP contribution in [0.2, 0.25) is 5.02 Å². The Morgan fingerprint density at radius 3 is 2.63 bits per heavy atom. The number of rotatable bonds is 6. The number of halogens is 1. The summed E-state index contributed by atoms with van der Waals surface area (Å²) in [5.74, 6) is 0.825. The first-order chi connectivity index (χ1) is 9.17. The van der Waals surface area contributed by atoms with Crippen LogP contribution < -0.4 is 10.1 Å². The largest absolute Gasteiger partial charge is 0.492 e. The Hall–Kier alpha value is -1.52. The molecular weight excluding hydrogens is 262 g/mol. The second kappa shape index (κ2) is 6.59. The maximum Gasteiger partial charge on any atom is 0.119 e. The van der Waals surface area contributed by atoms with Gasteiger partial charge in [0.15, 0.2) is 0 Å². The average Bonchev–Trinajstić information content (AvgIpc) is 2.82. The fourth-order valence-corrected chi connectivity index (χ4v) is 1.92. The van der Waals surface area contributed by atoms with Crippen molar-refractivity contribution < 1.29 is 4.74 Å². The van der Waals surface area contributed by atoms with E-state index >= 15 is 0 Å². The number of aromatic nitrogens is 2. The summed E-state index contributed by atoms with van der Waals surface area (Å²) in [4.78, 5) is 0. The predicted molar refractivity (Wildman–Crippen MR) is 76.7 cm³/mol. The molecule has 0 aliphatic heterocycles. The van der Waals surface area contributed by atoms with Crippen molar-refractivity contribution in [1.29, 1.82) is 0 Å².